The highest BCUT2D eigenvalue weighted by Crippen LogP contribution is 2.27. The van der Waals surface area contributed by atoms with Gasteiger partial charge in [0, 0.05) is 20.8 Å². The number of carbonyl (C=O) groups is 1. The number of halogens is 2. The molecule has 4 rings (SSSR count). The molecule has 2 aromatic heterocycles. The number of nitrogens with one attached hydrogen (secondary N) is 1. The van der Waals surface area contributed by atoms with Crippen LogP contribution in [0.5, 0.6) is 0 Å². The Labute approximate surface area is 197 Å². The Bertz CT molecular complexity index is 1280. The minimum absolute atomic E-state index is 0.251. The Hall–Kier alpha value is -2.55. The summed E-state index contributed by atoms with van der Waals surface area (Å²) >= 11 is 11.1. The van der Waals surface area contributed by atoms with E-state index in [1.807, 2.05) is 38.1 Å². The van der Waals surface area contributed by atoms with Crippen LogP contribution in [0.3, 0.4) is 0 Å². The molecule has 0 saturated carbocycles. The Kier molecular flexibility index (Phi) is 6.22. The second-order valence-corrected chi connectivity index (χ2v) is 9.59. The second kappa shape index (κ2) is 8.90. The minimum atomic E-state index is -0.341. The fraction of sp³-hybridized carbons (Fsp3) is 0.182. The fourth-order valence-corrected chi connectivity index (χ4v) is 4.82. The number of hydrogen-bond donors (Lipinski definition) is 1. The van der Waals surface area contributed by atoms with Crippen molar-refractivity contribution in [1.29, 1.82) is 0 Å². The number of rotatable bonds is 5. The summed E-state index contributed by atoms with van der Waals surface area (Å²) in [5.74, 6) is -0.341. The zero-order valence-electron chi connectivity index (χ0n) is 17.1. The van der Waals surface area contributed by atoms with Crippen LogP contribution in [0, 0.1) is 20.8 Å². The van der Waals surface area contributed by atoms with Crippen LogP contribution < -0.4 is 5.32 Å². The van der Waals surface area contributed by atoms with Gasteiger partial charge < -0.3 is 0 Å². The first-order valence-electron chi connectivity index (χ1n) is 9.52. The van der Waals surface area contributed by atoms with Gasteiger partial charge in [0.25, 0.3) is 5.91 Å². The average Bonchev–Trinajstić information content (AvgIpc) is 3.26. The Balaban J connectivity index is 1.54. The van der Waals surface area contributed by atoms with E-state index in [0.717, 1.165) is 32.7 Å². The number of thiazole rings is 1. The molecule has 1 N–H and O–H groups in total. The third kappa shape index (κ3) is 4.71. The molecular formula is C22H19BrClN5OS. The van der Waals surface area contributed by atoms with Crippen LogP contribution in [0.15, 0.2) is 46.9 Å². The standard InChI is InChI=1S/C22H19BrClN5OS/c1-12-7-8-17(24)11-18(12)29-14(3)20(27-28-29)21(30)26-22-25-13(2)19(31-22)10-15-5-4-6-16(23)9-15/h4-9,11H,10H2,1-3H3,(H,25,26,30). The van der Waals surface area contributed by atoms with E-state index in [1.54, 1.807) is 17.7 Å². The zero-order valence-corrected chi connectivity index (χ0v) is 20.3. The Morgan fingerprint density at radius 1 is 1.19 bits per heavy atom. The molecule has 0 saturated heterocycles. The summed E-state index contributed by atoms with van der Waals surface area (Å²) in [7, 11) is 0. The second-order valence-electron chi connectivity index (χ2n) is 7.15. The first kappa shape index (κ1) is 21.7. The van der Waals surface area contributed by atoms with Gasteiger partial charge in [-0.3, -0.25) is 10.1 Å². The smallest absolute Gasteiger partial charge is 0.279 e. The van der Waals surface area contributed by atoms with Crippen LogP contribution in [-0.4, -0.2) is 25.9 Å². The molecule has 2 aromatic carbocycles. The highest BCUT2D eigenvalue weighted by atomic mass is 79.9. The summed E-state index contributed by atoms with van der Waals surface area (Å²) in [4.78, 5) is 18.5. The number of carbonyl (C=O) groups excluding carboxylic acids is 1. The molecule has 0 radical (unpaired) electrons. The molecule has 158 valence electrons. The first-order valence-corrected chi connectivity index (χ1v) is 11.5. The molecule has 31 heavy (non-hydrogen) atoms. The van der Waals surface area contributed by atoms with Crippen molar-refractivity contribution in [1.82, 2.24) is 20.0 Å². The normalized spacial score (nSPS) is 11.0. The lowest BCUT2D eigenvalue weighted by Crippen LogP contribution is -2.14. The molecule has 9 heteroatoms. The minimum Gasteiger partial charge on any atom is -0.296 e. The van der Waals surface area contributed by atoms with Gasteiger partial charge >= 0.3 is 0 Å². The molecule has 0 aliphatic rings. The lowest BCUT2D eigenvalue weighted by molar-refractivity contribution is 0.102. The maximum absolute atomic E-state index is 12.9. The van der Waals surface area contributed by atoms with Gasteiger partial charge in [0.2, 0.25) is 0 Å². The predicted octanol–water partition coefficient (Wildman–Crippen LogP) is 5.91. The lowest BCUT2D eigenvalue weighted by atomic mass is 10.1. The quantitative estimate of drug-likeness (QED) is 0.358. The molecule has 2 heterocycles. The van der Waals surface area contributed by atoms with Gasteiger partial charge in [-0.05, 0) is 56.2 Å². The molecule has 4 aromatic rings. The third-order valence-corrected chi connectivity index (χ3v) is 6.68. The Morgan fingerprint density at radius 2 is 2.00 bits per heavy atom. The van der Waals surface area contributed by atoms with Crippen LogP contribution in [0.2, 0.25) is 5.02 Å². The van der Waals surface area contributed by atoms with Crippen molar-refractivity contribution in [2.45, 2.75) is 27.2 Å². The van der Waals surface area contributed by atoms with Gasteiger partial charge in [0.05, 0.1) is 17.1 Å². The molecule has 0 aliphatic heterocycles. The van der Waals surface area contributed by atoms with E-state index < -0.39 is 0 Å². The van der Waals surface area contributed by atoms with Gasteiger partial charge in [0.1, 0.15) is 0 Å². The van der Waals surface area contributed by atoms with E-state index in [-0.39, 0.29) is 11.6 Å². The molecule has 0 aliphatic carbocycles. The van der Waals surface area contributed by atoms with Crippen LogP contribution in [0.4, 0.5) is 5.13 Å². The van der Waals surface area contributed by atoms with Crippen molar-refractivity contribution in [3.63, 3.8) is 0 Å². The number of benzene rings is 2. The van der Waals surface area contributed by atoms with E-state index in [2.05, 4.69) is 48.7 Å². The highest BCUT2D eigenvalue weighted by Gasteiger charge is 2.20. The van der Waals surface area contributed by atoms with Gasteiger partial charge in [-0.2, -0.15) is 0 Å². The summed E-state index contributed by atoms with van der Waals surface area (Å²) < 4.78 is 2.66. The van der Waals surface area contributed by atoms with E-state index >= 15 is 0 Å². The fourth-order valence-electron chi connectivity index (χ4n) is 3.21. The molecule has 0 fully saturated rings. The van der Waals surface area contributed by atoms with Gasteiger partial charge in [-0.25, -0.2) is 9.67 Å². The monoisotopic (exact) mass is 515 g/mol. The number of aryl methyl sites for hydroxylation is 2. The molecule has 0 unspecified atom stereocenters. The summed E-state index contributed by atoms with van der Waals surface area (Å²) in [6.07, 6.45) is 0.752. The first-order chi connectivity index (χ1) is 14.8. The summed E-state index contributed by atoms with van der Waals surface area (Å²) in [5.41, 5.74) is 4.73. The average molecular weight is 517 g/mol. The zero-order chi connectivity index (χ0) is 22.1. The van der Waals surface area contributed by atoms with E-state index in [0.29, 0.717) is 15.8 Å². The topological polar surface area (TPSA) is 72.7 Å². The molecule has 0 spiro atoms. The lowest BCUT2D eigenvalue weighted by Gasteiger charge is -2.07. The van der Waals surface area contributed by atoms with Gasteiger partial charge in [-0.1, -0.05) is 50.9 Å². The largest absolute Gasteiger partial charge is 0.296 e. The van der Waals surface area contributed by atoms with Crippen LogP contribution >= 0.6 is 38.9 Å². The summed E-state index contributed by atoms with van der Waals surface area (Å²) in [6.45, 7) is 5.71. The number of amides is 1. The van der Waals surface area contributed by atoms with E-state index in [4.69, 9.17) is 11.6 Å². The van der Waals surface area contributed by atoms with Crippen molar-refractivity contribution < 1.29 is 4.79 Å². The molecule has 1 amide bonds. The van der Waals surface area contributed by atoms with Crippen molar-refractivity contribution >= 4 is 49.9 Å². The van der Waals surface area contributed by atoms with Crippen LogP contribution in [0.1, 0.15) is 37.9 Å². The van der Waals surface area contributed by atoms with Crippen molar-refractivity contribution in [2.75, 3.05) is 5.32 Å². The van der Waals surface area contributed by atoms with E-state index in [1.165, 1.54) is 16.9 Å². The van der Waals surface area contributed by atoms with Crippen LogP contribution in [0.25, 0.3) is 5.69 Å². The Morgan fingerprint density at radius 3 is 2.77 bits per heavy atom. The maximum atomic E-state index is 12.9. The number of anilines is 1. The predicted molar refractivity (Wildman–Crippen MR) is 128 cm³/mol. The number of nitrogens with zero attached hydrogens (tertiary/aromatic N) is 4. The molecular weight excluding hydrogens is 498 g/mol. The molecule has 0 bridgehead atoms. The summed E-state index contributed by atoms with van der Waals surface area (Å²) in [6, 6.07) is 13.7. The maximum Gasteiger partial charge on any atom is 0.279 e. The SMILES string of the molecule is Cc1ccc(Cl)cc1-n1nnc(C(=O)Nc2nc(C)c(Cc3cccc(Br)c3)s2)c1C. The van der Waals surface area contributed by atoms with Crippen molar-refractivity contribution in [3.05, 3.63) is 85.0 Å². The van der Waals surface area contributed by atoms with Gasteiger partial charge in [-0.15, -0.1) is 16.4 Å². The van der Waals surface area contributed by atoms with E-state index in [9.17, 15) is 4.79 Å². The number of hydrogen-bond acceptors (Lipinski definition) is 5. The number of aromatic nitrogens is 4. The van der Waals surface area contributed by atoms with Gasteiger partial charge in [0.15, 0.2) is 10.8 Å². The van der Waals surface area contributed by atoms with Crippen LogP contribution in [-0.2, 0) is 6.42 Å². The highest BCUT2D eigenvalue weighted by molar-refractivity contribution is 9.10. The molecule has 0 atom stereocenters. The van der Waals surface area contributed by atoms with Crippen molar-refractivity contribution in [2.24, 2.45) is 0 Å². The summed E-state index contributed by atoms with van der Waals surface area (Å²) in [5, 5.41) is 12.3. The third-order valence-electron chi connectivity index (χ3n) is 4.88. The van der Waals surface area contributed by atoms with Crippen molar-refractivity contribution in [3.8, 4) is 5.69 Å². The molecule has 6 nitrogen and oxygen atoms in total.